The molecule has 6 N–H and O–H groups in total. The van der Waals surface area contributed by atoms with Gasteiger partial charge in [0.15, 0.2) is 0 Å². The number of carbonyl (C=O) groups is 1. The van der Waals surface area contributed by atoms with Gasteiger partial charge in [0.05, 0.1) is 5.75 Å². The first-order chi connectivity index (χ1) is 17.5. The fourth-order valence-corrected chi connectivity index (χ4v) is 3.97. The van der Waals surface area contributed by atoms with Crippen LogP contribution in [0.25, 0.3) is 0 Å². The number of rotatable bonds is 8. The number of hydrogen-bond donors (Lipinski definition) is 4. The summed E-state index contributed by atoms with van der Waals surface area (Å²) >= 11 is 0. The molecule has 2 aromatic carbocycles. The van der Waals surface area contributed by atoms with Gasteiger partial charge in [-0.3, -0.25) is 14.2 Å². The van der Waals surface area contributed by atoms with Crippen LogP contribution >= 0.6 is 0 Å². The molecular weight excluding hydrogens is 539 g/mol. The maximum absolute atomic E-state index is 13.1. The summed E-state index contributed by atoms with van der Waals surface area (Å²) in [6.45, 7) is 5.13. The Morgan fingerprint density at radius 2 is 1.71 bits per heavy atom. The van der Waals surface area contributed by atoms with Crippen LogP contribution in [0.4, 0.5) is 15.3 Å². The maximum atomic E-state index is 13.1. The molecule has 1 aliphatic heterocycles. The SMILES string of the molecule is CC1(C)N=C(N)N=C(N)N1c1ccc(CCCC(=O)Nc2cccc(S(=O)(=O)F)c2)cc1.CCS(=O)(=O)O. The summed E-state index contributed by atoms with van der Waals surface area (Å²) in [7, 11) is -8.48. The van der Waals surface area contributed by atoms with Gasteiger partial charge in [0.25, 0.3) is 10.1 Å². The van der Waals surface area contributed by atoms with Gasteiger partial charge >= 0.3 is 10.2 Å². The van der Waals surface area contributed by atoms with Crippen molar-refractivity contribution in [3.05, 3.63) is 54.1 Å². The van der Waals surface area contributed by atoms with Crippen LogP contribution in [0.15, 0.2) is 63.4 Å². The Bertz CT molecular complexity index is 1420. The fourth-order valence-electron chi connectivity index (χ4n) is 3.46. The van der Waals surface area contributed by atoms with Gasteiger partial charge in [0, 0.05) is 17.8 Å². The van der Waals surface area contributed by atoms with E-state index in [1.54, 1.807) is 4.90 Å². The summed E-state index contributed by atoms with van der Waals surface area (Å²) in [4.78, 5) is 21.8. The third-order valence-corrected chi connectivity index (χ3v) is 6.77. The third kappa shape index (κ3) is 9.39. The predicted molar refractivity (Wildman–Crippen MR) is 145 cm³/mol. The standard InChI is InChI=1S/C21H25FN6O3S.C2H6O3S/c1-21(2)27-19(23)26-20(24)28(21)16-11-9-14(10-12-16)5-3-8-18(29)25-15-6-4-7-17(13-15)32(22,30)31;1-2-6(3,4)5/h4,6-7,9-13H,3,5,8H2,1-2H3,(H,25,29)(H4,23,24,26,27);2H2,1H3,(H,3,4,5). The molecule has 2 aromatic rings. The highest BCUT2D eigenvalue weighted by Crippen LogP contribution is 2.27. The molecule has 0 saturated carbocycles. The highest BCUT2D eigenvalue weighted by atomic mass is 32.3. The van der Waals surface area contributed by atoms with E-state index >= 15 is 0 Å². The van der Waals surface area contributed by atoms with Gasteiger partial charge in [-0.1, -0.05) is 18.2 Å². The number of anilines is 2. The van der Waals surface area contributed by atoms with Crippen LogP contribution in [-0.2, 0) is 31.6 Å². The van der Waals surface area contributed by atoms with Crippen LogP contribution in [0, 0.1) is 0 Å². The Morgan fingerprint density at radius 3 is 2.24 bits per heavy atom. The summed E-state index contributed by atoms with van der Waals surface area (Å²) in [6.07, 6.45) is 1.46. The van der Waals surface area contributed by atoms with Crippen molar-refractivity contribution in [3.8, 4) is 0 Å². The van der Waals surface area contributed by atoms with E-state index in [0.717, 1.165) is 23.4 Å². The first kappa shape index (κ1) is 30.7. The van der Waals surface area contributed by atoms with Crippen molar-refractivity contribution >= 4 is 49.5 Å². The summed E-state index contributed by atoms with van der Waals surface area (Å²) in [5, 5.41) is 2.58. The van der Waals surface area contributed by atoms with Crippen molar-refractivity contribution in [2.75, 3.05) is 16.0 Å². The van der Waals surface area contributed by atoms with Gasteiger partial charge in [-0.05, 0) is 69.5 Å². The van der Waals surface area contributed by atoms with E-state index in [2.05, 4.69) is 15.3 Å². The molecule has 0 aliphatic carbocycles. The minimum absolute atomic E-state index is 0.136. The van der Waals surface area contributed by atoms with Crippen LogP contribution in [0.3, 0.4) is 0 Å². The van der Waals surface area contributed by atoms with Crippen LogP contribution in [0.2, 0.25) is 0 Å². The third-order valence-electron chi connectivity index (χ3n) is 5.22. The minimum atomic E-state index is -4.82. The first-order valence-electron chi connectivity index (χ1n) is 11.4. The van der Waals surface area contributed by atoms with E-state index in [4.69, 9.17) is 16.0 Å². The van der Waals surface area contributed by atoms with Crippen molar-refractivity contribution in [2.24, 2.45) is 21.5 Å². The highest BCUT2D eigenvalue weighted by Gasteiger charge is 2.32. The fraction of sp³-hybridized carbons (Fsp3) is 0.348. The molecule has 0 radical (unpaired) electrons. The zero-order chi connectivity index (χ0) is 28.7. The van der Waals surface area contributed by atoms with Crippen LogP contribution < -0.4 is 21.7 Å². The van der Waals surface area contributed by atoms with Crippen molar-refractivity contribution in [2.45, 2.75) is 50.6 Å². The number of guanidine groups is 2. The lowest BCUT2D eigenvalue weighted by molar-refractivity contribution is -0.116. The lowest BCUT2D eigenvalue weighted by Crippen LogP contribution is -2.54. The van der Waals surface area contributed by atoms with Gasteiger partial charge in [0.1, 0.15) is 10.6 Å². The summed E-state index contributed by atoms with van der Waals surface area (Å²) in [5.41, 5.74) is 13.1. The molecule has 38 heavy (non-hydrogen) atoms. The number of hydrogen-bond acceptors (Lipinski definition) is 10. The molecule has 208 valence electrons. The Labute approximate surface area is 221 Å². The van der Waals surface area contributed by atoms with Crippen molar-refractivity contribution in [1.29, 1.82) is 0 Å². The number of carbonyl (C=O) groups excluding carboxylic acids is 1. The minimum Gasteiger partial charge on any atom is -0.369 e. The number of nitrogens with zero attached hydrogens (tertiary/aromatic N) is 3. The molecule has 1 heterocycles. The molecule has 0 saturated heterocycles. The number of nitrogens with two attached hydrogens (primary N) is 2. The van der Waals surface area contributed by atoms with E-state index in [-0.39, 0.29) is 35.7 Å². The second-order valence-electron chi connectivity index (χ2n) is 8.67. The number of aryl methyl sites for hydroxylation is 1. The van der Waals surface area contributed by atoms with Gasteiger partial charge in [-0.15, -0.1) is 3.89 Å². The summed E-state index contributed by atoms with van der Waals surface area (Å²) < 4.78 is 62.0. The largest absolute Gasteiger partial charge is 0.369 e. The zero-order valence-corrected chi connectivity index (χ0v) is 22.8. The smallest absolute Gasteiger partial charge is 0.332 e. The van der Waals surface area contributed by atoms with E-state index < -0.39 is 30.9 Å². The maximum Gasteiger partial charge on any atom is 0.332 e. The zero-order valence-electron chi connectivity index (χ0n) is 21.1. The Balaban J connectivity index is 0.000000757. The Kier molecular flexibility index (Phi) is 9.94. The number of aliphatic imine (C=N–C) groups is 2. The van der Waals surface area contributed by atoms with Crippen LogP contribution in [0.1, 0.15) is 39.2 Å². The topological polar surface area (TPSA) is 198 Å². The number of halogens is 1. The average Bonchev–Trinajstić information content (AvgIpc) is 2.78. The Morgan fingerprint density at radius 1 is 1.11 bits per heavy atom. The van der Waals surface area contributed by atoms with Crippen LogP contribution in [0.5, 0.6) is 0 Å². The lowest BCUT2D eigenvalue weighted by Gasteiger charge is -2.38. The number of nitrogens with one attached hydrogen (secondary N) is 1. The molecule has 1 amide bonds. The van der Waals surface area contributed by atoms with E-state index in [0.29, 0.717) is 12.8 Å². The molecule has 1 aliphatic rings. The highest BCUT2D eigenvalue weighted by molar-refractivity contribution is 7.86. The van der Waals surface area contributed by atoms with Gasteiger partial charge < -0.3 is 16.8 Å². The number of benzene rings is 2. The molecule has 0 atom stereocenters. The summed E-state index contributed by atoms with van der Waals surface area (Å²) in [6, 6.07) is 12.8. The molecule has 15 heteroatoms. The average molecular weight is 571 g/mol. The Hall–Kier alpha value is -3.56. The molecule has 0 fully saturated rings. The van der Waals surface area contributed by atoms with E-state index in [1.165, 1.54) is 19.1 Å². The van der Waals surface area contributed by atoms with Gasteiger partial charge in [-0.25, -0.2) is 4.99 Å². The van der Waals surface area contributed by atoms with E-state index in [1.807, 2.05) is 38.1 Å². The summed E-state index contributed by atoms with van der Waals surface area (Å²) in [5.74, 6) is -0.0923. The normalized spacial score (nSPS) is 15.0. The molecule has 0 unspecified atom stereocenters. The van der Waals surface area contributed by atoms with Gasteiger partial charge in [0.2, 0.25) is 17.8 Å². The molecule has 3 rings (SSSR count). The predicted octanol–water partition coefficient (Wildman–Crippen LogP) is 2.39. The first-order valence-corrected chi connectivity index (χ1v) is 14.4. The quantitative estimate of drug-likeness (QED) is 0.272. The molecule has 12 nitrogen and oxygen atoms in total. The number of amides is 1. The molecule has 0 aromatic heterocycles. The molecule has 0 spiro atoms. The van der Waals surface area contributed by atoms with Gasteiger partial charge in [-0.2, -0.15) is 21.8 Å². The van der Waals surface area contributed by atoms with Crippen LogP contribution in [-0.4, -0.2) is 50.6 Å². The molecular formula is C23H31FN6O6S2. The second kappa shape index (κ2) is 12.3. The molecule has 0 bridgehead atoms. The van der Waals surface area contributed by atoms with E-state index in [9.17, 15) is 25.5 Å². The van der Waals surface area contributed by atoms with Crippen molar-refractivity contribution in [1.82, 2.24) is 0 Å². The lowest BCUT2D eigenvalue weighted by atomic mass is 10.1. The van der Waals surface area contributed by atoms with Crippen molar-refractivity contribution in [3.63, 3.8) is 0 Å². The monoisotopic (exact) mass is 570 g/mol. The van der Waals surface area contributed by atoms with Crippen molar-refractivity contribution < 1.29 is 30.1 Å². The second-order valence-corrected chi connectivity index (χ2v) is 11.8.